The molecule has 148 valence electrons. The Bertz CT molecular complexity index is 1240. The zero-order chi connectivity index (χ0) is 20.5. The lowest BCUT2D eigenvalue weighted by molar-refractivity contribution is -0.125. The van der Waals surface area contributed by atoms with Crippen molar-refractivity contribution in [3.8, 4) is 0 Å². The normalized spacial score (nSPS) is 13.5. The summed E-state index contributed by atoms with van der Waals surface area (Å²) in [4.78, 5) is 26.4. The summed E-state index contributed by atoms with van der Waals surface area (Å²) in [5, 5.41) is 9.13. The molecule has 2 atom stereocenters. The van der Waals surface area contributed by atoms with Gasteiger partial charge in [0.25, 0.3) is 5.56 Å². The van der Waals surface area contributed by atoms with Crippen LogP contribution in [-0.4, -0.2) is 15.7 Å². The predicted molar refractivity (Wildman–Crippen MR) is 118 cm³/mol. The number of hydrogen-bond donors (Lipinski definition) is 1. The van der Waals surface area contributed by atoms with Crippen LogP contribution in [0.5, 0.6) is 0 Å². The summed E-state index contributed by atoms with van der Waals surface area (Å²) in [5.74, 6) is -0.197. The Hall–Kier alpha value is -2.99. The van der Waals surface area contributed by atoms with Crippen LogP contribution in [0.3, 0.4) is 0 Å². The smallest absolute Gasteiger partial charge is 0.276 e. The van der Waals surface area contributed by atoms with Gasteiger partial charge in [0.2, 0.25) is 5.91 Å². The number of rotatable bonds is 5. The van der Waals surface area contributed by atoms with Crippen LogP contribution in [0.2, 0.25) is 0 Å². The molecular weight excluding hydrogens is 382 g/mol. The van der Waals surface area contributed by atoms with Crippen LogP contribution < -0.4 is 10.9 Å². The van der Waals surface area contributed by atoms with Gasteiger partial charge in [0.1, 0.15) is 6.04 Å². The van der Waals surface area contributed by atoms with Crippen molar-refractivity contribution in [1.82, 2.24) is 15.1 Å². The maximum Gasteiger partial charge on any atom is 0.276 e. The molecule has 2 aromatic heterocycles. The van der Waals surface area contributed by atoms with E-state index in [1.54, 1.807) is 11.3 Å². The number of aryl methyl sites for hydroxylation is 1. The first-order valence-corrected chi connectivity index (χ1v) is 10.6. The first-order valence-electron chi connectivity index (χ1n) is 9.77. The number of nitrogens with zero attached hydrogens (tertiary/aromatic N) is 2. The zero-order valence-electron chi connectivity index (χ0n) is 16.7. The maximum atomic E-state index is 13.3. The first-order chi connectivity index (χ1) is 14.0. The van der Waals surface area contributed by atoms with Gasteiger partial charge in [-0.15, -0.1) is 11.3 Å². The molecule has 0 aliphatic carbocycles. The van der Waals surface area contributed by atoms with Crippen molar-refractivity contribution in [3.63, 3.8) is 0 Å². The van der Waals surface area contributed by atoms with Gasteiger partial charge in [-0.2, -0.15) is 5.10 Å². The van der Waals surface area contributed by atoms with Crippen LogP contribution in [-0.2, 0) is 4.79 Å². The summed E-state index contributed by atoms with van der Waals surface area (Å²) in [7, 11) is 0. The topological polar surface area (TPSA) is 64.0 Å². The van der Waals surface area contributed by atoms with E-state index in [4.69, 9.17) is 0 Å². The first kappa shape index (κ1) is 19.3. The second-order valence-electron chi connectivity index (χ2n) is 7.20. The molecule has 0 saturated carbocycles. The van der Waals surface area contributed by atoms with Gasteiger partial charge in [0.15, 0.2) is 0 Å². The van der Waals surface area contributed by atoms with E-state index in [0.29, 0.717) is 11.8 Å². The molecule has 4 aromatic rings. The predicted octanol–water partition coefficient (Wildman–Crippen LogP) is 4.75. The van der Waals surface area contributed by atoms with Gasteiger partial charge < -0.3 is 5.32 Å². The molecule has 0 saturated heterocycles. The molecule has 1 N–H and O–H groups in total. The molecule has 0 bridgehead atoms. The van der Waals surface area contributed by atoms with Crippen LogP contribution in [0.25, 0.3) is 20.2 Å². The van der Waals surface area contributed by atoms with E-state index in [1.807, 2.05) is 75.4 Å². The van der Waals surface area contributed by atoms with Crippen LogP contribution in [0, 0.1) is 6.92 Å². The van der Waals surface area contributed by atoms with Crippen LogP contribution in [0.15, 0.2) is 59.4 Å². The summed E-state index contributed by atoms with van der Waals surface area (Å²) in [6.45, 7) is 5.73. The van der Waals surface area contributed by atoms with E-state index in [2.05, 4.69) is 10.4 Å². The second-order valence-corrected chi connectivity index (χ2v) is 8.25. The van der Waals surface area contributed by atoms with Crippen LogP contribution in [0.1, 0.15) is 43.6 Å². The van der Waals surface area contributed by atoms with Crippen molar-refractivity contribution in [3.05, 3.63) is 76.2 Å². The minimum absolute atomic E-state index is 0.153. The van der Waals surface area contributed by atoms with Gasteiger partial charge in [-0.25, -0.2) is 4.68 Å². The van der Waals surface area contributed by atoms with E-state index < -0.39 is 6.04 Å². The molecule has 0 aliphatic heterocycles. The number of amides is 1. The Morgan fingerprint density at radius 1 is 1.14 bits per heavy atom. The number of nitrogens with one attached hydrogen (secondary N) is 1. The molecule has 2 aromatic carbocycles. The third-order valence-electron chi connectivity index (χ3n) is 5.25. The number of carbonyl (C=O) groups is 1. The Morgan fingerprint density at radius 3 is 2.55 bits per heavy atom. The summed E-state index contributed by atoms with van der Waals surface area (Å²) in [6, 6.07) is 16.8. The Labute approximate surface area is 173 Å². The Kier molecular flexibility index (Phi) is 5.20. The number of thiophene rings is 1. The highest BCUT2D eigenvalue weighted by Crippen LogP contribution is 2.33. The summed E-state index contributed by atoms with van der Waals surface area (Å²) >= 11 is 1.57. The fraction of sp³-hybridized carbons (Fsp3) is 0.261. The molecular formula is C23H23N3O2S. The molecule has 29 heavy (non-hydrogen) atoms. The number of aromatic nitrogens is 2. The fourth-order valence-electron chi connectivity index (χ4n) is 3.69. The molecule has 0 fully saturated rings. The molecule has 4 rings (SSSR count). The lowest BCUT2D eigenvalue weighted by Gasteiger charge is -2.21. The van der Waals surface area contributed by atoms with Crippen LogP contribution in [0.4, 0.5) is 0 Å². The number of fused-ring (bicyclic) bond motifs is 3. The van der Waals surface area contributed by atoms with Crippen molar-refractivity contribution in [1.29, 1.82) is 0 Å². The standard InChI is InChI=1S/C23H23N3O2S/c1-4-18(22(27)24-14(2)16-10-6-5-7-11-16)26-23(28)20-17-12-8-9-13-19(17)29-21(20)15(3)25-26/h5-14,18H,4H2,1-3H3,(H,24,27)/t14-,18+/m0/s1. The number of carbonyl (C=O) groups excluding carboxylic acids is 1. The number of benzene rings is 2. The van der Waals surface area contributed by atoms with Crippen molar-refractivity contribution in [2.75, 3.05) is 0 Å². The molecule has 0 radical (unpaired) electrons. The van der Waals surface area contributed by atoms with Crippen LogP contribution >= 0.6 is 11.3 Å². The molecule has 1 amide bonds. The highest BCUT2D eigenvalue weighted by Gasteiger charge is 2.25. The van der Waals surface area contributed by atoms with Gasteiger partial charge in [0.05, 0.1) is 21.8 Å². The monoisotopic (exact) mass is 405 g/mol. The highest BCUT2D eigenvalue weighted by molar-refractivity contribution is 7.26. The second kappa shape index (κ2) is 7.79. The molecule has 6 heteroatoms. The molecule has 5 nitrogen and oxygen atoms in total. The SMILES string of the molecule is CC[C@H](C(=O)N[C@@H](C)c1ccccc1)n1nc(C)c2sc3ccccc3c2c1=O. The number of hydrogen-bond acceptors (Lipinski definition) is 4. The average Bonchev–Trinajstić information content (AvgIpc) is 3.13. The van der Waals surface area contributed by atoms with Crippen molar-refractivity contribution in [2.45, 2.75) is 39.3 Å². The highest BCUT2D eigenvalue weighted by atomic mass is 32.1. The van der Waals surface area contributed by atoms with Crippen molar-refractivity contribution in [2.24, 2.45) is 0 Å². The molecule has 2 heterocycles. The van der Waals surface area contributed by atoms with Crippen molar-refractivity contribution < 1.29 is 4.79 Å². The zero-order valence-corrected chi connectivity index (χ0v) is 17.5. The van der Waals surface area contributed by atoms with Crippen molar-refractivity contribution >= 4 is 37.4 Å². The maximum absolute atomic E-state index is 13.3. The Morgan fingerprint density at radius 2 is 1.83 bits per heavy atom. The van der Waals surface area contributed by atoms with Gasteiger partial charge in [-0.1, -0.05) is 55.5 Å². The average molecular weight is 406 g/mol. The third kappa shape index (κ3) is 3.44. The molecule has 0 aliphatic rings. The van der Waals surface area contributed by atoms with E-state index in [9.17, 15) is 9.59 Å². The summed E-state index contributed by atoms with van der Waals surface area (Å²) in [5.41, 5.74) is 1.58. The molecule has 0 spiro atoms. The third-order valence-corrected chi connectivity index (χ3v) is 6.53. The van der Waals surface area contributed by atoms with E-state index >= 15 is 0 Å². The Balaban J connectivity index is 1.75. The quantitative estimate of drug-likeness (QED) is 0.521. The van der Waals surface area contributed by atoms with Gasteiger partial charge >= 0.3 is 0 Å². The summed E-state index contributed by atoms with van der Waals surface area (Å²) < 4.78 is 3.31. The molecule has 0 unspecified atom stereocenters. The largest absolute Gasteiger partial charge is 0.348 e. The minimum Gasteiger partial charge on any atom is -0.348 e. The lowest BCUT2D eigenvalue weighted by atomic mass is 10.1. The fourth-order valence-corrected chi connectivity index (χ4v) is 4.83. The lowest BCUT2D eigenvalue weighted by Crippen LogP contribution is -2.39. The van der Waals surface area contributed by atoms with Gasteiger partial charge in [0, 0.05) is 10.1 Å². The van der Waals surface area contributed by atoms with E-state index in [1.165, 1.54) is 4.68 Å². The minimum atomic E-state index is -0.657. The van der Waals surface area contributed by atoms with Gasteiger partial charge in [-0.05, 0) is 31.9 Å². The van der Waals surface area contributed by atoms with E-state index in [-0.39, 0.29) is 17.5 Å². The van der Waals surface area contributed by atoms with E-state index in [0.717, 1.165) is 26.0 Å². The van der Waals surface area contributed by atoms with Gasteiger partial charge in [-0.3, -0.25) is 9.59 Å². The summed E-state index contributed by atoms with van der Waals surface area (Å²) in [6.07, 6.45) is 0.479.